The maximum Gasteiger partial charge on any atom is 0.218 e. The van der Waals surface area contributed by atoms with Crippen LogP contribution in [0.4, 0.5) is 0 Å². The van der Waals surface area contributed by atoms with E-state index in [2.05, 4.69) is 20.6 Å². The zero-order chi connectivity index (χ0) is 17.4. The molecule has 142 valence electrons. The first-order valence-electron chi connectivity index (χ1n) is 8.64. The summed E-state index contributed by atoms with van der Waals surface area (Å²) in [5.41, 5.74) is 0.793. The molecule has 25 heavy (non-hydrogen) atoms. The fourth-order valence-corrected chi connectivity index (χ4v) is 2.60. The molecular formula is C18H31IN4O2. The van der Waals surface area contributed by atoms with Crippen molar-refractivity contribution in [3.8, 4) is 5.88 Å². The molecule has 2 rings (SSSR count). The number of guanidine groups is 1. The van der Waals surface area contributed by atoms with E-state index < -0.39 is 0 Å². The molecular weight excluding hydrogens is 431 g/mol. The van der Waals surface area contributed by atoms with E-state index in [1.165, 1.54) is 12.8 Å². The van der Waals surface area contributed by atoms with Crippen LogP contribution in [0.5, 0.6) is 5.88 Å². The topological polar surface area (TPSA) is 67.8 Å². The van der Waals surface area contributed by atoms with Crippen LogP contribution in [-0.4, -0.2) is 43.4 Å². The molecule has 0 unspecified atom stereocenters. The Kier molecular flexibility index (Phi) is 9.48. The van der Waals surface area contributed by atoms with Gasteiger partial charge in [0.1, 0.15) is 6.10 Å². The van der Waals surface area contributed by atoms with Crippen molar-refractivity contribution >= 4 is 29.9 Å². The van der Waals surface area contributed by atoms with Gasteiger partial charge in [-0.15, -0.1) is 24.0 Å². The Labute approximate surface area is 168 Å². The van der Waals surface area contributed by atoms with Gasteiger partial charge < -0.3 is 20.1 Å². The van der Waals surface area contributed by atoms with Gasteiger partial charge in [0, 0.05) is 39.0 Å². The van der Waals surface area contributed by atoms with Gasteiger partial charge in [-0.25, -0.2) is 4.98 Å². The van der Waals surface area contributed by atoms with E-state index in [4.69, 9.17) is 9.47 Å². The van der Waals surface area contributed by atoms with E-state index in [-0.39, 0.29) is 29.6 Å². The van der Waals surface area contributed by atoms with Crippen molar-refractivity contribution in [3.63, 3.8) is 0 Å². The average molecular weight is 462 g/mol. The van der Waals surface area contributed by atoms with Crippen molar-refractivity contribution < 1.29 is 9.47 Å². The molecule has 1 heterocycles. The van der Waals surface area contributed by atoms with Gasteiger partial charge in [-0.2, -0.15) is 0 Å². The number of hydrogen-bond donors (Lipinski definition) is 2. The molecule has 2 N–H and O–H groups in total. The fourth-order valence-electron chi connectivity index (χ4n) is 2.60. The van der Waals surface area contributed by atoms with Gasteiger partial charge >= 0.3 is 0 Å². The lowest BCUT2D eigenvalue weighted by molar-refractivity contribution is 0.0268. The van der Waals surface area contributed by atoms with Crippen molar-refractivity contribution in [2.24, 2.45) is 4.99 Å². The number of halogens is 1. The second kappa shape index (κ2) is 10.8. The second-order valence-corrected chi connectivity index (χ2v) is 6.74. The van der Waals surface area contributed by atoms with E-state index >= 15 is 0 Å². The summed E-state index contributed by atoms with van der Waals surface area (Å²) in [5.74, 6) is 1.46. The van der Waals surface area contributed by atoms with Crippen molar-refractivity contribution in [2.75, 3.05) is 20.7 Å². The highest BCUT2D eigenvalue weighted by molar-refractivity contribution is 14.0. The highest BCUT2D eigenvalue weighted by Crippen LogP contribution is 2.24. The lowest BCUT2D eigenvalue weighted by Gasteiger charge is -2.24. The van der Waals surface area contributed by atoms with E-state index in [0.717, 1.165) is 30.2 Å². The normalized spacial score (nSPS) is 15.6. The third kappa shape index (κ3) is 7.35. The molecule has 1 aromatic heterocycles. The highest BCUT2D eigenvalue weighted by atomic mass is 127. The zero-order valence-corrected chi connectivity index (χ0v) is 18.0. The molecule has 0 spiro atoms. The Morgan fingerprint density at radius 1 is 1.32 bits per heavy atom. The maximum atomic E-state index is 6.07. The van der Waals surface area contributed by atoms with E-state index in [9.17, 15) is 0 Å². The molecule has 0 radical (unpaired) electrons. The van der Waals surface area contributed by atoms with Crippen LogP contribution >= 0.6 is 24.0 Å². The van der Waals surface area contributed by atoms with E-state index in [0.29, 0.717) is 19.2 Å². The Morgan fingerprint density at radius 2 is 2.04 bits per heavy atom. The number of nitrogens with zero attached hydrogens (tertiary/aromatic N) is 2. The van der Waals surface area contributed by atoms with Gasteiger partial charge in [0.15, 0.2) is 5.96 Å². The number of hydrogen-bond acceptors (Lipinski definition) is 4. The van der Waals surface area contributed by atoms with Crippen LogP contribution in [0.1, 0.15) is 45.1 Å². The molecule has 1 saturated carbocycles. The molecule has 7 heteroatoms. The van der Waals surface area contributed by atoms with Crippen molar-refractivity contribution in [1.82, 2.24) is 15.6 Å². The summed E-state index contributed by atoms with van der Waals surface area (Å²) in [4.78, 5) is 8.65. The van der Waals surface area contributed by atoms with Gasteiger partial charge in [-0.05, 0) is 45.6 Å². The molecule has 1 aliphatic rings. The Hall–Kier alpha value is -1.09. The molecule has 6 nitrogen and oxygen atoms in total. The van der Waals surface area contributed by atoms with Crippen LogP contribution in [0.2, 0.25) is 0 Å². The van der Waals surface area contributed by atoms with Crippen LogP contribution in [0.3, 0.4) is 0 Å². The molecule has 0 atom stereocenters. The summed E-state index contributed by atoms with van der Waals surface area (Å²) in [6.07, 6.45) is 6.83. The summed E-state index contributed by atoms with van der Waals surface area (Å²) in [6.45, 7) is 5.34. The minimum absolute atomic E-state index is 0. The summed E-state index contributed by atoms with van der Waals surface area (Å²) in [7, 11) is 3.47. The fraction of sp³-hybridized carbons (Fsp3) is 0.667. The molecule has 0 aromatic carbocycles. The molecule has 0 saturated heterocycles. The van der Waals surface area contributed by atoms with E-state index in [1.807, 2.05) is 26.0 Å². The first-order chi connectivity index (χ1) is 11.5. The summed E-state index contributed by atoms with van der Waals surface area (Å²) in [6, 6.07) is 3.97. The Morgan fingerprint density at radius 3 is 2.68 bits per heavy atom. The number of aliphatic imine (C=N–C) groups is 1. The third-order valence-electron chi connectivity index (χ3n) is 4.33. The third-order valence-corrected chi connectivity index (χ3v) is 4.33. The first kappa shape index (κ1) is 22.0. The summed E-state index contributed by atoms with van der Waals surface area (Å²) >= 11 is 0. The number of rotatable bonds is 7. The lowest BCUT2D eigenvalue weighted by Crippen LogP contribution is -2.45. The number of ether oxygens (including phenoxy) is 2. The van der Waals surface area contributed by atoms with Crippen LogP contribution < -0.4 is 15.4 Å². The van der Waals surface area contributed by atoms with Gasteiger partial charge in [0.2, 0.25) is 5.88 Å². The number of pyridine rings is 1. The quantitative estimate of drug-likeness (QED) is 0.371. The molecule has 1 aliphatic carbocycles. The van der Waals surface area contributed by atoms with Gasteiger partial charge in [0.25, 0.3) is 0 Å². The molecule has 0 bridgehead atoms. The van der Waals surface area contributed by atoms with Crippen molar-refractivity contribution in [3.05, 3.63) is 23.9 Å². The highest BCUT2D eigenvalue weighted by Gasteiger charge is 2.19. The van der Waals surface area contributed by atoms with Crippen molar-refractivity contribution in [1.29, 1.82) is 0 Å². The molecule has 1 fully saturated rings. The minimum Gasteiger partial charge on any atom is -0.474 e. The predicted octanol–water partition coefficient (Wildman–Crippen LogP) is 3.11. The lowest BCUT2D eigenvalue weighted by atomic mass is 10.1. The molecule has 1 aromatic rings. The molecule has 0 aliphatic heterocycles. The standard InChI is InChI=1S/C18H30N4O2.HI/c1-18(2,23-4)13-22-17(19-3)21-12-14-8-7-11-20-16(14)24-15-9-5-6-10-15;/h7-8,11,15H,5-6,9-10,12-13H2,1-4H3,(H2,19,21,22);1H. The largest absolute Gasteiger partial charge is 0.474 e. The van der Waals surface area contributed by atoms with Crippen molar-refractivity contribution in [2.45, 2.75) is 57.8 Å². The van der Waals surface area contributed by atoms with Crippen LogP contribution in [-0.2, 0) is 11.3 Å². The number of methoxy groups -OCH3 is 1. The van der Waals surface area contributed by atoms with Crippen LogP contribution in [0.25, 0.3) is 0 Å². The van der Waals surface area contributed by atoms with Crippen LogP contribution in [0.15, 0.2) is 23.3 Å². The maximum absolute atomic E-state index is 6.07. The predicted molar refractivity (Wildman–Crippen MR) is 112 cm³/mol. The van der Waals surface area contributed by atoms with Gasteiger partial charge in [-0.3, -0.25) is 4.99 Å². The zero-order valence-electron chi connectivity index (χ0n) is 15.7. The average Bonchev–Trinajstić information content (AvgIpc) is 3.09. The monoisotopic (exact) mass is 462 g/mol. The Bertz CT molecular complexity index is 546. The summed E-state index contributed by atoms with van der Waals surface area (Å²) in [5, 5.41) is 6.59. The van der Waals surface area contributed by atoms with Gasteiger partial charge in [-0.1, -0.05) is 6.07 Å². The van der Waals surface area contributed by atoms with Crippen LogP contribution in [0, 0.1) is 0 Å². The summed E-state index contributed by atoms with van der Waals surface area (Å²) < 4.78 is 11.5. The minimum atomic E-state index is -0.247. The Balaban J connectivity index is 0.00000312. The molecule has 0 amide bonds. The number of aromatic nitrogens is 1. The number of nitrogens with one attached hydrogen (secondary N) is 2. The second-order valence-electron chi connectivity index (χ2n) is 6.74. The van der Waals surface area contributed by atoms with Gasteiger partial charge in [0.05, 0.1) is 5.60 Å². The SMILES string of the molecule is CN=C(NCc1cccnc1OC1CCCC1)NCC(C)(C)OC.I. The van der Waals surface area contributed by atoms with E-state index in [1.54, 1.807) is 20.4 Å². The first-order valence-corrected chi connectivity index (χ1v) is 8.64. The smallest absolute Gasteiger partial charge is 0.218 e.